The summed E-state index contributed by atoms with van der Waals surface area (Å²) in [5.41, 5.74) is 5.45. The molecule has 0 saturated heterocycles. The molecule has 0 spiro atoms. The van der Waals surface area contributed by atoms with Gasteiger partial charge in [0.2, 0.25) is 0 Å². The van der Waals surface area contributed by atoms with Crippen LogP contribution in [0.2, 0.25) is 0 Å². The lowest BCUT2D eigenvalue weighted by atomic mass is 9.91. The maximum Gasteiger partial charge on any atom is 0.356 e. The van der Waals surface area contributed by atoms with E-state index in [9.17, 15) is 4.79 Å². The molecule has 206 valence electrons. The topological polar surface area (TPSA) is 79.2 Å². The Balaban J connectivity index is 1.25. The fourth-order valence-electron chi connectivity index (χ4n) is 5.01. The first kappa shape index (κ1) is 27.2. The zero-order chi connectivity index (χ0) is 28.2. The molecule has 0 aliphatic carbocycles. The summed E-state index contributed by atoms with van der Waals surface area (Å²) < 4.78 is 17.2. The molecule has 0 fully saturated rings. The molecule has 2 heterocycles. The van der Waals surface area contributed by atoms with Crippen molar-refractivity contribution in [2.75, 3.05) is 20.3 Å². The van der Waals surface area contributed by atoms with Gasteiger partial charge in [-0.1, -0.05) is 61.5 Å². The highest BCUT2D eigenvalue weighted by atomic mass is 16.6. The van der Waals surface area contributed by atoms with Crippen LogP contribution in [-0.2, 0) is 9.57 Å². The summed E-state index contributed by atoms with van der Waals surface area (Å²) in [5.74, 6) is 1.49. The Morgan fingerprint density at radius 2 is 1.65 bits per heavy atom. The van der Waals surface area contributed by atoms with Crippen molar-refractivity contribution >= 4 is 22.5 Å². The van der Waals surface area contributed by atoms with Crippen LogP contribution in [0.15, 0.2) is 78.1 Å². The van der Waals surface area contributed by atoms with Crippen LogP contribution >= 0.6 is 0 Å². The van der Waals surface area contributed by atoms with E-state index in [2.05, 4.69) is 30.1 Å². The van der Waals surface area contributed by atoms with Gasteiger partial charge in [-0.15, -0.1) is 0 Å². The van der Waals surface area contributed by atoms with E-state index in [1.807, 2.05) is 68.4 Å². The molecule has 1 aliphatic heterocycles. The molecule has 4 aromatic rings. The average Bonchev–Trinajstić information content (AvgIpc) is 3.38. The van der Waals surface area contributed by atoms with Crippen LogP contribution in [0.1, 0.15) is 35.5 Å². The number of benzene rings is 3. The number of para-hydroxylation sites is 1. The van der Waals surface area contributed by atoms with Crippen molar-refractivity contribution in [2.45, 2.75) is 33.8 Å². The molecule has 7 nitrogen and oxygen atoms in total. The molecular formula is C33H34N2O5. The molecule has 1 aliphatic rings. The predicted octanol–water partition coefficient (Wildman–Crippen LogP) is 6.79. The first-order chi connectivity index (χ1) is 19.3. The molecule has 0 saturated carbocycles. The van der Waals surface area contributed by atoms with Gasteiger partial charge >= 0.3 is 5.97 Å². The van der Waals surface area contributed by atoms with Gasteiger partial charge in [-0.25, -0.2) is 9.78 Å². The van der Waals surface area contributed by atoms with Crippen LogP contribution in [0, 0.1) is 25.7 Å². The van der Waals surface area contributed by atoms with Gasteiger partial charge in [0.1, 0.15) is 42.2 Å². The third kappa shape index (κ3) is 5.78. The van der Waals surface area contributed by atoms with Crippen LogP contribution in [0.3, 0.4) is 0 Å². The van der Waals surface area contributed by atoms with E-state index in [1.165, 1.54) is 7.11 Å². The molecule has 0 radical (unpaired) electrons. The molecule has 5 rings (SSSR count). The molecule has 0 bridgehead atoms. The first-order valence-electron chi connectivity index (χ1n) is 13.5. The van der Waals surface area contributed by atoms with Crippen molar-refractivity contribution in [1.29, 1.82) is 0 Å². The highest BCUT2D eigenvalue weighted by molar-refractivity contribution is 5.94. The summed E-state index contributed by atoms with van der Waals surface area (Å²) in [6, 6.07) is 22.0. The molecule has 40 heavy (non-hydrogen) atoms. The Kier molecular flexibility index (Phi) is 8.01. The van der Waals surface area contributed by atoms with E-state index >= 15 is 0 Å². The Hall–Kier alpha value is -4.39. The number of carbonyl (C=O) groups excluding carboxylic acids is 1. The summed E-state index contributed by atoms with van der Waals surface area (Å²) in [6.07, 6.45) is 1.63. The van der Waals surface area contributed by atoms with E-state index in [0.29, 0.717) is 18.9 Å². The number of oxime groups is 1. The Morgan fingerprint density at radius 1 is 0.925 bits per heavy atom. The lowest BCUT2D eigenvalue weighted by molar-refractivity contribution is 0.0177. The minimum absolute atomic E-state index is 0.00753. The molecule has 0 amide bonds. The normalized spacial score (nSPS) is 16.5. The number of esters is 1. The Morgan fingerprint density at radius 3 is 2.35 bits per heavy atom. The lowest BCUT2D eigenvalue weighted by Crippen LogP contribution is -2.35. The molecule has 2 unspecified atom stereocenters. The molecular weight excluding hydrogens is 504 g/mol. The van der Waals surface area contributed by atoms with E-state index in [0.717, 1.165) is 50.2 Å². The fourth-order valence-corrected chi connectivity index (χ4v) is 5.01. The molecule has 7 heteroatoms. The van der Waals surface area contributed by atoms with E-state index < -0.39 is 5.97 Å². The number of carbonyl (C=O) groups is 1. The van der Waals surface area contributed by atoms with Gasteiger partial charge in [0.15, 0.2) is 0 Å². The van der Waals surface area contributed by atoms with E-state index in [-0.39, 0.29) is 17.9 Å². The van der Waals surface area contributed by atoms with Gasteiger partial charge in [0, 0.05) is 11.6 Å². The van der Waals surface area contributed by atoms with Gasteiger partial charge in [0.25, 0.3) is 0 Å². The summed E-state index contributed by atoms with van der Waals surface area (Å²) >= 11 is 0. The second kappa shape index (κ2) is 11.8. The number of pyridine rings is 1. The molecule has 0 N–H and O–H groups in total. The lowest BCUT2D eigenvalue weighted by Gasteiger charge is -2.22. The van der Waals surface area contributed by atoms with Crippen LogP contribution in [0.5, 0.6) is 11.5 Å². The largest absolute Gasteiger partial charge is 0.493 e. The highest BCUT2D eigenvalue weighted by Crippen LogP contribution is 2.30. The van der Waals surface area contributed by atoms with Crippen molar-refractivity contribution in [3.63, 3.8) is 0 Å². The Labute approximate surface area is 234 Å². The van der Waals surface area contributed by atoms with Crippen LogP contribution in [-0.4, -0.2) is 43.1 Å². The van der Waals surface area contributed by atoms with E-state index in [4.69, 9.17) is 19.0 Å². The standard InChI is InChI=1S/C33H34N2O5/c1-20(2)31-28(30(35-40-31)19-39-32-21(3)7-6-8-22(32)4)18-38-27-13-11-23(12-14-27)24-9-10-25-16-29(33(36)37-5)34-17-26(25)15-24/h6-17,20,28,31H,18-19H2,1-5H3. The summed E-state index contributed by atoms with van der Waals surface area (Å²) in [6.45, 7) is 9.17. The molecule has 1 aromatic heterocycles. The van der Waals surface area contributed by atoms with Gasteiger partial charge in [0.05, 0.1) is 13.0 Å². The zero-order valence-corrected chi connectivity index (χ0v) is 23.5. The number of aryl methyl sites for hydroxylation is 2. The quantitative estimate of drug-likeness (QED) is 0.218. The van der Waals surface area contributed by atoms with Crippen molar-refractivity contribution in [3.05, 3.63) is 89.7 Å². The maximum atomic E-state index is 11.8. The smallest absolute Gasteiger partial charge is 0.356 e. The van der Waals surface area contributed by atoms with Crippen molar-refractivity contribution in [1.82, 2.24) is 4.98 Å². The summed E-state index contributed by atoms with van der Waals surface area (Å²) in [5, 5.41) is 6.26. The first-order valence-corrected chi connectivity index (χ1v) is 13.5. The van der Waals surface area contributed by atoms with Gasteiger partial charge < -0.3 is 19.0 Å². The molecule has 2 atom stereocenters. The number of aromatic nitrogens is 1. The zero-order valence-electron chi connectivity index (χ0n) is 23.5. The number of hydrogen-bond donors (Lipinski definition) is 0. The number of rotatable bonds is 9. The minimum atomic E-state index is -0.447. The van der Waals surface area contributed by atoms with Crippen LogP contribution in [0.4, 0.5) is 0 Å². The average molecular weight is 539 g/mol. The molecule has 3 aromatic carbocycles. The maximum absolute atomic E-state index is 11.8. The number of hydrogen-bond acceptors (Lipinski definition) is 7. The van der Waals surface area contributed by atoms with Gasteiger partial charge in [-0.2, -0.15) is 0 Å². The second-order valence-electron chi connectivity index (χ2n) is 10.5. The SMILES string of the molecule is COC(=O)c1cc2ccc(-c3ccc(OCC4C(COc5c(C)cccc5C)=NOC4C(C)C)cc3)cc2cn1. The van der Waals surface area contributed by atoms with Crippen LogP contribution < -0.4 is 9.47 Å². The Bertz CT molecular complexity index is 1520. The van der Waals surface area contributed by atoms with Crippen molar-refractivity contribution in [3.8, 4) is 22.6 Å². The predicted molar refractivity (Wildman–Crippen MR) is 156 cm³/mol. The van der Waals surface area contributed by atoms with Gasteiger partial charge in [-0.3, -0.25) is 0 Å². The van der Waals surface area contributed by atoms with E-state index in [1.54, 1.807) is 12.3 Å². The highest BCUT2D eigenvalue weighted by Gasteiger charge is 2.37. The number of ether oxygens (including phenoxy) is 3. The summed E-state index contributed by atoms with van der Waals surface area (Å²) in [7, 11) is 1.35. The van der Waals surface area contributed by atoms with Crippen LogP contribution in [0.25, 0.3) is 21.9 Å². The number of methoxy groups -OCH3 is 1. The van der Waals surface area contributed by atoms with Gasteiger partial charge in [-0.05, 0) is 71.7 Å². The number of nitrogens with zero attached hydrogens (tertiary/aromatic N) is 2. The van der Waals surface area contributed by atoms with Crippen molar-refractivity contribution < 1.29 is 23.8 Å². The third-order valence-corrected chi connectivity index (χ3v) is 7.28. The second-order valence-corrected chi connectivity index (χ2v) is 10.5. The number of fused-ring (bicyclic) bond motifs is 1. The monoisotopic (exact) mass is 538 g/mol. The fraction of sp³-hybridized carbons (Fsp3) is 0.303. The third-order valence-electron chi connectivity index (χ3n) is 7.28. The van der Waals surface area contributed by atoms with Crippen molar-refractivity contribution in [2.24, 2.45) is 17.0 Å². The summed E-state index contributed by atoms with van der Waals surface area (Å²) in [4.78, 5) is 21.8. The minimum Gasteiger partial charge on any atom is -0.493 e.